The topological polar surface area (TPSA) is 75.9 Å². The summed E-state index contributed by atoms with van der Waals surface area (Å²) in [6.07, 6.45) is 6.11. The zero-order valence-corrected chi connectivity index (χ0v) is 16.5. The molecule has 1 heterocycles. The van der Waals surface area contributed by atoms with Gasteiger partial charge in [-0.15, -0.1) is 0 Å². The van der Waals surface area contributed by atoms with E-state index in [0.29, 0.717) is 12.0 Å². The Bertz CT molecular complexity index is 684. The van der Waals surface area contributed by atoms with E-state index in [0.717, 1.165) is 43.6 Å². The second-order valence-corrected chi connectivity index (χ2v) is 7.09. The lowest BCUT2D eigenvalue weighted by Gasteiger charge is -2.20. The second kappa shape index (κ2) is 10.2. The lowest BCUT2D eigenvalue weighted by Crippen LogP contribution is -2.34. The fourth-order valence-electron chi connectivity index (χ4n) is 3.14. The monoisotopic (exact) mass is 355 g/mol. The standard InChI is InChI=1S/C21H33N5/c1-5-8-18(12-16(4)22)23-14-20-17(6-2)13-24-21(26-20)25-19-10-7-9-15(3)11-19/h7,9-11,13,16,18,23H,5-6,8,12,14,22H2,1-4H3,(H,24,25,26)/t16-,18-/m1/s1. The zero-order chi connectivity index (χ0) is 18.9. The highest BCUT2D eigenvalue weighted by Gasteiger charge is 2.12. The van der Waals surface area contributed by atoms with Gasteiger partial charge in [-0.3, -0.25) is 0 Å². The van der Waals surface area contributed by atoms with Gasteiger partial charge in [-0.2, -0.15) is 0 Å². The normalized spacial score (nSPS) is 13.4. The Morgan fingerprint density at radius 3 is 2.69 bits per heavy atom. The SMILES string of the molecule is CCC[C@H](C[C@@H](C)N)NCc1nc(Nc2cccc(C)c2)ncc1CC. The lowest BCUT2D eigenvalue weighted by molar-refractivity contribution is 0.418. The fourth-order valence-corrected chi connectivity index (χ4v) is 3.14. The summed E-state index contributed by atoms with van der Waals surface area (Å²) in [7, 11) is 0. The van der Waals surface area contributed by atoms with Gasteiger partial charge in [-0.05, 0) is 56.4 Å². The quantitative estimate of drug-likeness (QED) is 0.598. The number of aromatic nitrogens is 2. The van der Waals surface area contributed by atoms with E-state index in [9.17, 15) is 0 Å². The van der Waals surface area contributed by atoms with Gasteiger partial charge >= 0.3 is 0 Å². The van der Waals surface area contributed by atoms with E-state index in [4.69, 9.17) is 10.7 Å². The largest absolute Gasteiger partial charge is 0.328 e. The Labute approximate surface area is 157 Å². The molecule has 4 N–H and O–H groups in total. The Morgan fingerprint density at radius 1 is 1.23 bits per heavy atom. The maximum atomic E-state index is 6.00. The van der Waals surface area contributed by atoms with Crippen LogP contribution in [0.25, 0.3) is 0 Å². The van der Waals surface area contributed by atoms with Crippen molar-refractivity contribution in [1.82, 2.24) is 15.3 Å². The molecule has 0 spiro atoms. The molecule has 0 radical (unpaired) electrons. The van der Waals surface area contributed by atoms with Crippen molar-refractivity contribution in [2.45, 2.75) is 72.0 Å². The summed E-state index contributed by atoms with van der Waals surface area (Å²) in [6, 6.07) is 8.86. The van der Waals surface area contributed by atoms with E-state index in [1.54, 1.807) is 0 Å². The first-order valence-corrected chi connectivity index (χ1v) is 9.69. The van der Waals surface area contributed by atoms with Crippen molar-refractivity contribution in [3.63, 3.8) is 0 Å². The second-order valence-electron chi connectivity index (χ2n) is 7.09. The lowest BCUT2D eigenvalue weighted by atomic mass is 10.0. The summed E-state index contributed by atoms with van der Waals surface area (Å²) in [4.78, 5) is 9.24. The van der Waals surface area contributed by atoms with Crippen LogP contribution in [0.1, 0.15) is 56.9 Å². The molecule has 0 fully saturated rings. The summed E-state index contributed by atoms with van der Waals surface area (Å²) >= 11 is 0. The molecule has 0 unspecified atom stereocenters. The molecule has 2 atom stereocenters. The first-order chi connectivity index (χ1) is 12.5. The molecule has 0 amide bonds. The van der Waals surface area contributed by atoms with Crippen LogP contribution in [-0.4, -0.2) is 22.1 Å². The summed E-state index contributed by atoms with van der Waals surface area (Å²) in [5.41, 5.74) is 10.5. The Morgan fingerprint density at radius 2 is 2.04 bits per heavy atom. The van der Waals surface area contributed by atoms with E-state index >= 15 is 0 Å². The number of anilines is 2. The molecule has 0 bridgehead atoms. The van der Waals surface area contributed by atoms with Crippen molar-refractivity contribution in [3.05, 3.63) is 47.3 Å². The minimum absolute atomic E-state index is 0.202. The van der Waals surface area contributed by atoms with Gasteiger partial charge in [0.15, 0.2) is 0 Å². The fraction of sp³-hybridized carbons (Fsp3) is 0.524. The van der Waals surface area contributed by atoms with Crippen molar-refractivity contribution >= 4 is 11.6 Å². The van der Waals surface area contributed by atoms with Crippen molar-refractivity contribution in [2.24, 2.45) is 5.73 Å². The molecule has 1 aromatic carbocycles. The third kappa shape index (κ3) is 6.39. The van der Waals surface area contributed by atoms with Gasteiger partial charge in [0.1, 0.15) is 0 Å². The molecular weight excluding hydrogens is 322 g/mol. The van der Waals surface area contributed by atoms with E-state index in [1.165, 1.54) is 11.1 Å². The molecule has 5 nitrogen and oxygen atoms in total. The van der Waals surface area contributed by atoms with Crippen LogP contribution in [-0.2, 0) is 13.0 Å². The predicted octanol–water partition coefficient (Wildman–Crippen LogP) is 4.09. The molecular formula is C21H33N5. The van der Waals surface area contributed by atoms with Gasteiger partial charge in [0.25, 0.3) is 0 Å². The van der Waals surface area contributed by atoms with Crippen LogP contribution in [0.5, 0.6) is 0 Å². The van der Waals surface area contributed by atoms with Crippen LogP contribution in [0.2, 0.25) is 0 Å². The highest BCUT2D eigenvalue weighted by Crippen LogP contribution is 2.16. The molecule has 0 aliphatic rings. The van der Waals surface area contributed by atoms with Crippen molar-refractivity contribution in [1.29, 1.82) is 0 Å². The molecule has 0 saturated heterocycles. The Hall–Kier alpha value is -1.98. The third-order valence-electron chi connectivity index (χ3n) is 4.46. The molecule has 26 heavy (non-hydrogen) atoms. The highest BCUT2D eigenvalue weighted by molar-refractivity contribution is 5.54. The van der Waals surface area contributed by atoms with Gasteiger partial charge < -0.3 is 16.4 Å². The molecule has 0 saturated carbocycles. The third-order valence-corrected chi connectivity index (χ3v) is 4.46. The summed E-state index contributed by atoms with van der Waals surface area (Å²) in [5.74, 6) is 0.642. The van der Waals surface area contributed by atoms with Crippen LogP contribution < -0.4 is 16.4 Å². The molecule has 142 valence electrons. The van der Waals surface area contributed by atoms with E-state index in [1.807, 2.05) is 18.3 Å². The summed E-state index contributed by atoms with van der Waals surface area (Å²) < 4.78 is 0. The maximum absolute atomic E-state index is 6.00. The average molecular weight is 356 g/mol. The van der Waals surface area contributed by atoms with E-state index < -0.39 is 0 Å². The van der Waals surface area contributed by atoms with Gasteiger partial charge in [0, 0.05) is 30.5 Å². The van der Waals surface area contributed by atoms with Crippen molar-refractivity contribution < 1.29 is 0 Å². The minimum atomic E-state index is 0.202. The maximum Gasteiger partial charge on any atom is 0.227 e. The zero-order valence-electron chi connectivity index (χ0n) is 16.5. The number of aryl methyl sites for hydroxylation is 2. The first kappa shape index (κ1) is 20.3. The molecule has 2 aromatic rings. The summed E-state index contributed by atoms with van der Waals surface area (Å²) in [6.45, 7) is 9.24. The van der Waals surface area contributed by atoms with Crippen LogP contribution in [0, 0.1) is 6.92 Å². The molecule has 0 aliphatic heterocycles. The van der Waals surface area contributed by atoms with Crippen LogP contribution in [0.4, 0.5) is 11.6 Å². The number of nitrogens with zero attached hydrogens (tertiary/aromatic N) is 2. The number of nitrogens with two attached hydrogens (primary N) is 1. The Balaban J connectivity index is 2.10. The predicted molar refractivity (Wildman–Crippen MR) is 110 cm³/mol. The molecule has 2 rings (SSSR count). The van der Waals surface area contributed by atoms with Gasteiger partial charge in [0.05, 0.1) is 5.69 Å². The average Bonchev–Trinajstić information content (AvgIpc) is 2.59. The minimum Gasteiger partial charge on any atom is -0.328 e. The van der Waals surface area contributed by atoms with Crippen molar-refractivity contribution in [2.75, 3.05) is 5.32 Å². The van der Waals surface area contributed by atoms with E-state index in [-0.39, 0.29) is 6.04 Å². The first-order valence-electron chi connectivity index (χ1n) is 9.69. The number of rotatable bonds is 10. The van der Waals surface area contributed by atoms with Crippen LogP contribution in [0.3, 0.4) is 0 Å². The summed E-state index contributed by atoms with van der Waals surface area (Å²) in [5, 5.41) is 6.96. The van der Waals surface area contributed by atoms with Gasteiger partial charge in [0.2, 0.25) is 5.95 Å². The van der Waals surface area contributed by atoms with Crippen molar-refractivity contribution in [3.8, 4) is 0 Å². The molecule has 1 aromatic heterocycles. The molecule has 5 heteroatoms. The van der Waals surface area contributed by atoms with Crippen LogP contribution in [0.15, 0.2) is 30.5 Å². The number of nitrogens with one attached hydrogen (secondary N) is 2. The smallest absolute Gasteiger partial charge is 0.227 e. The Kier molecular flexibility index (Phi) is 8.01. The molecule has 0 aliphatic carbocycles. The van der Waals surface area contributed by atoms with Crippen LogP contribution >= 0.6 is 0 Å². The number of hydrogen-bond donors (Lipinski definition) is 3. The van der Waals surface area contributed by atoms with Gasteiger partial charge in [-0.1, -0.05) is 32.4 Å². The number of benzene rings is 1. The number of hydrogen-bond acceptors (Lipinski definition) is 5. The highest BCUT2D eigenvalue weighted by atomic mass is 15.1. The van der Waals surface area contributed by atoms with E-state index in [2.05, 4.69) is 55.4 Å². The van der Waals surface area contributed by atoms with Gasteiger partial charge in [-0.25, -0.2) is 9.97 Å².